The molecular weight excluding hydrogens is 296 g/mol. The van der Waals surface area contributed by atoms with Crippen molar-refractivity contribution in [2.75, 3.05) is 12.4 Å². The van der Waals surface area contributed by atoms with Gasteiger partial charge in [0.2, 0.25) is 5.91 Å². The lowest BCUT2D eigenvalue weighted by Crippen LogP contribution is -2.30. The number of rotatable bonds is 6. The molecule has 6 heteroatoms. The average molecular weight is 314 g/mol. The second-order valence-corrected chi connectivity index (χ2v) is 4.87. The van der Waals surface area contributed by atoms with Crippen LogP contribution in [0.4, 0.5) is 5.69 Å². The Morgan fingerprint density at radius 2 is 1.57 bits per heavy atom. The van der Waals surface area contributed by atoms with Gasteiger partial charge in [-0.15, -0.1) is 0 Å². The smallest absolute Gasteiger partial charge is 0.265 e. The number of nitrogens with two attached hydrogens (primary N) is 1. The number of primary amides is 1. The van der Waals surface area contributed by atoms with E-state index in [4.69, 9.17) is 15.2 Å². The first-order chi connectivity index (χ1) is 11.0. The summed E-state index contributed by atoms with van der Waals surface area (Å²) >= 11 is 0. The Hall–Kier alpha value is -3.02. The van der Waals surface area contributed by atoms with Gasteiger partial charge >= 0.3 is 0 Å². The fraction of sp³-hybridized carbons (Fsp3) is 0.176. The zero-order valence-corrected chi connectivity index (χ0v) is 12.9. The Morgan fingerprint density at radius 1 is 1.00 bits per heavy atom. The Morgan fingerprint density at radius 3 is 2.09 bits per heavy atom. The third kappa shape index (κ3) is 4.47. The number of hydrogen-bond acceptors (Lipinski definition) is 4. The number of carbonyl (C=O) groups excluding carboxylic acids is 2. The zero-order valence-electron chi connectivity index (χ0n) is 12.9. The minimum atomic E-state index is -0.681. The van der Waals surface area contributed by atoms with Crippen LogP contribution in [0.5, 0.6) is 11.5 Å². The van der Waals surface area contributed by atoms with E-state index in [9.17, 15) is 9.59 Å². The lowest BCUT2D eigenvalue weighted by Gasteiger charge is -2.15. The van der Waals surface area contributed by atoms with Crippen LogP contribution in [-0.4, -0.2) is 25.0 Å². The minimum Gasteiger partial charge on any atom is -0.497 e. The normalized spacial score (nSPS) is 11.4. The van der Waals surface area contributed by atoms with Gasteiger partial charge in [0, 0.05) is 11.3 Å². The number of amides is 2. The van der Waals surface area contributed by atoms with Crippen molar-refractivity contribution in [1.82, 2.24) is 0 Å². The monoisotopic (exact) mass is 314 g/mol. The lowest BCUT2D eigenvalue weighted by molar-refractivity contribution is -0.122. The van der Waals surface area contributed by atoms with E-state index >= 15 is 0 Å². The van der Waals surface area contributed by atoms with E-state index in [-0.39, 0.29) is 5.91 Å². The molecule has 2 aromatic carbocycles. The van der Waals surface area contributed by atoms with Crippen LogP contribution in [0.15, 0.2) is 48.5 Å². The molecule has 120 valence electrons. The van der Waals surface area contributed by atoms with Crippen LogP contribution in [0.3, 0.4) is 0 Å². The second-order valence-electron chi connectivity index (χ2n) is 4.87. The van der Waals surface area contributed by atoms with Crippen LogP contribution in [0, 0.1) is 0 Å². The zero-order chi connectivity index (χ0) is 16.8. The lowest BCUT2D eigenvalue weighted by atomic mass is 10.2. The predicted molar refractivity (Wildman–Crippen MR) is 86.7 cm³/mol. The van der Waals surface area contributed by atoms with Gasteiger partial charge in [-0.3, -0.25) is 9.59 Å². The SMILES string of the molecule is COc1ccc(O[C@@H](C)C(=O)Nc2ccc(C(N)=O)cc2)cc1. The van der Waals surface area contributed by atoms with E-state index in [0.717, 1.165) is 0 Å². The fourth-order valence-corrected chi connectivity index (χ4v) is 1.87. The highest BCUT2D eigenvalue weighted by Crippen LogP contribution is 2.18. The molecule has 23 heavy (non-hydrogen) atoms. The first-order valence-electron chi connectivity index (χ1n) is 7.01. The predicted octanol–water partition coefficient (Wildman–Crippen LogP) is 2.20. The van der Waals surface area contributed by atoms with Crippen molar-refractivity contribution in [3.63, 3.8) is 0 Å². The summed E-state index contributed by atoms with van der Waals surface area (Å²) in [7, 11) is 1.58. The van der Waals surface area contributed by atoms with Crippen molar-refractivity contribution in [2.24, 2.45) is 5.73 Å². The van der Waals surface area contributed by atoms with Crippen LogP contribution in [0.25, 0.3) is 0 Å². The number of hydrogen-bond donors (Lipinski definition) is 2. The van der Waals surface area contributed by atoms with Gasteiger partial charge in [-0.25, -0.2) is 0 Å². The molecule has 0 spiro atoms. The number of methoxy groups -OCH3 is 1. The number of anilines is 1. The molecular formula is C17H18N2O4. The van der Waals surface area contributed by atoms with Gasteiger partial charge in [0.25, 0.3) is 5.91 Å². The number of nitrogens with one attached hydrogen (secondary N) is 1. The van der Waals surface area contributed by atoms with Crippen LogP contribution in [0.1, 0.15) is 17.3 Å². The van der Waals surface area contributed by atoms with Gasteiger partial charge in [0.15, 0.2) is 6.10 Å². The summed E-state index contributed by atoms with van der Waals surface area (Å²) in [5.41, 5.74) is 6.11. The van der Waals surface area contributed by atoms with Crippen LogP contribution in [0.2, 0.25) is 0 Å². The Kier molecular flexibility index (Phi) is 5.19. The summed E-state index contributed by atoms with van der Waals surface area (Å²) in [6.45, 7) is 1.65. The number of ether oxygens (including phenoxy) is 2. The largest absolute Gasteiger partial charge is 0.497 e. The minimum absolute atomic E-state index is 0.298. The Balaban J connectivity index is 1.94. The molecule has 2 rings (SSSR count). The molecule has 0 saturated heterocycles. The van der Waals surface area contributed by atoms with E-state index in [1.165, 1.54) is 0 Å². The summed E-state index contributed by atoms with van der Waals surface area (Å²) in [6.07, 6.45) is -0.681. The van der Waals surface area contributed by atoms with E-state index < -0.39 is 12.0 Å². The second kappa shape index (κ2) is 7.31. The molecule has 0 saturated carbocycles. The molecule has 0 bridgehead atoms. The maximum atomic E-state index is 12.1. The van der Waals surface area contributed by atoms with Gasteiger partial charge < -0.3 is 20.5 Å². The number of benzene rings is 2. The molecule has 0 unspecified atom stereocenters. The molecule has 0 aromatic heterocycles. The summed E-state index contributed by atoms with van der Waals surface area (Å²) in [5, 5.41) is 2.71. The first kappa shape index (κ1) is 16.4. The molecule has 0 heterocycles. The van der Waals surface area contributed by atoms with Crippen molar-refractivity contribution in [3.05, 3.63) is 54.1 Å². The van der Waals surface area contributed by atoms with Gasteiger partial charge in [-0.2, -0.15) is 0 Å². The molecule has 0 aliphatic rings. The molecule has 1 atom stereocenters. The highest BCUT2D eigenvalue weighted by atomic mass is 16.5. The van der Waals surface area contributed by atoms with Crippen LogP contribution < -0.4 is 20.5 Å². The Bertz CT molecular complexity index is 681. The van der Waals surface area contributed by atoms with Gasteiger partial charge in [-0.05, 0) is 55.5 Å². The average Bonchev–Trinajstić information content (AvgIpc) is 2.56. The van der Waals surface area contributed by atoms with Crippen molar-refractivity contribution >= 4 is 17.5 Å². The van der Waals surface area contributed by atoms with Crippen molar-refractivity contribution in [3.8, 4) is 11.5 Å². The highest BCUT2D eigenvalue weighted by molar-refractivity contribution is 5.96. The third-order valence-electron chi connectivity index (χ3n) is 3.18. The first-order valence-corrected chi connectivity index (χ1v) is 7.01. The topological polar surface area (TPSA) is 90.7 Å². The van der Waals surface area contributed by atoms with Gasteiger partial charge in [0.1, 0.15) is 11.5 Å². The van der Waals surface area contributed by atoms with Crippen molar-refractivity contribution in [2.45, 2.75) is 13.0 Å². The molecule has 2 aromatic rings. The van der Waals surface area contributed by atoms with Gasteiger partial charge in [0.05, 0.1) is 7.11 Å². The quantitative estimate of drug-likeness (QED) is 0.855. The summed E-state index contributed by atoms with van der Waals surface area (Å²) < 4.78 is 10.6. The van der Waals surface area contributed by atoms with Gasteiger partial charge in [-0.1, -0.05) is 0 Å². The van der Waals surface area contributed by atoms with E-state index in [2.05, 4.69) is 5.32 Å². The maximum absolute atomic E-state index is 12.1. The highest BCUT2D eigenvalue weighted by Gasteiger charge is 2.15. The molecule has 0 aliphatic carbocycles. The molecule has 6 nitrogen and oxygen atoms in total. The summed E-state index contributed by atoms with van der Waals surface area (Å²) in [5.74, 6) is 0.466. The van der Waals surface area contributed by atoms with E-state index in [0.29, 0.717) is 22.7 Å². The molecule has 3 N–H and O–H groups in total. The molecule has 0 radical (unpaired) electrons. The maximum Gasteiger partial charge on any atom is 0.265 e. The number of carbonyl (C=O) groups is 2. The molecule has 0 fully saturated rings. The third-order valence-corrected chi connectivity index (χ3v) is 3.18. The fourth-order valence-electron chi connectivity index (χ4n) is 1.87. The summed E-state index contributed by atoms with van der Waals surface area (Å²) in [4.78, 5) is 23.1. The van der Waals surface area contributed by atoms with Crippen molar-refractivity contribution in [1.29, 1.82) is 0 Å². The van der Waals surface area contributed by atoms with E-state index in [1.54, 1.807) is 62.6 Å². The molecule has 0 aliphatic heterocycles. The van der Waals surface area contributed by atoms with Crippen molar-refractivity contribution < 1.29 is 19.1 Å². The summed E-state index contributed by atoms with van der Waals surface area (Å²) in [6, 6.07) is 13.3. The van der Waals surface area contributed by atoms with Crippen LogP contribution >= 0.6 is 0 Å². The molecule has 2 amide bonds. The standard InChI is InChI=1S/C17H18N2O4/c1-11(23-15-9-7-14(22-2)8-10-15)17(21)19-13-5-3-12(4-6-13)16(18)20/h3-11H,1-2H3,(H2,18,20)(H,19,21)/t11-/m0/s1. The van der Waals surface area contributed by atoms with Crippen LogP contribution in [-0.2, 0) is 4.79 Å². The van der Waals surface area contributed by atoms with E-state index in [1.807, 2.05) is 0 Å². The Labute approximate surface area is 134 Å².